The van der Waals surface area contributed by atoms with E-state index in [0.717, 1.165) is 36.9 Å². The zero-order valence-electron chi connectivity index (χ0n) is 16.1. The second-order valence-electron chi connectivity index (χ2n) is 7.54. The van der Waals surface area contributed by atoms with Crippen LogP contribution in [0.4, 0.5) is 0 Å². The van der Waals surface area contributed by atoms with Crippen molar-refractivity contribution in [1.82, 2.24) is 24.1 Å². The molecule has 1 fully saturated rings. The summed E-state index contributed by atoms with van der Waals surface area (Å²) in [6.45, 7) is 5.51. The molecule has 0 amide bonds. The summed E-state index contributed by atoms with van der Waals surface area (Å²) in [5, 5.41) is 0.550. The van der Waals surface area contributed by atoms with Crippen LogP contribution in [0.2, 0.25) is 0 Å². The molecule has 0 N–H and O–H groups in total. The third-order valence-corrected chi connectivity index (χ3v) is 5.75. The van der Waals surface area contributed by atoms with Crippen molar-refractivity contribution in [3.63, 3.8) is 0 Å². The van der Waals surface area contributed by atoms with Crippen molar-refractivity contribution in [1.29, 1.82) is 0 Å². The highest BCUT2D eigenvalue weighted by molar-refractivity contribution is 6.04. The van der Waals surface area contributed by atoms with Crippen LogP contribution in [0.5, 0.6) is 0 Å². The Kier molecular flexibility index (Phi) is 4.12. The van der Waals surface area contributed by atoms with Crippen molar-refractivity contribution < 1.29 is 4.74 Å². The van der Waals surface area contributed by atoms with Crippen molar-refractivity contribution in [2.24, 2.45) is 0 Å². The Bertz CT molecular complexity index is 1240. The summed E-state index contributed by atoms with van der Waals surface area (Å²) >= 11 is 0. The minimum atomic E-state index is -0.0555. The number of para-hydroxylation sites is 2. The molecule has 7 heteroatoms. The first-order valence-corrected chi connectivity index (χ1v) is 9.94. The van der Waals surface area contributed by atoms with Gasteiger partial charge in [-0.1, -0.05) is 19.1 Å². The first-order chi connectivity index (χ1) is 13.7. The fourth-order valence-electron chi connectivity index (χ4n) is 3.99. The number of fused-ring (bicyclic) bond motifs is 4. The van der Waals surface area contributed by atoms with E-state index in [1.165, 1.54) is 0 Å². The molecule has 0 radical (unpaired) electrons. The molecular weight excluding hydrogens is 354 g/mol. The Hall–Kier alpha value is -2.80. The standard InChI is InChI=1S/C21H23N5O2/c1-3-13(2)26-12-22-19-17(21(26)27)18-20(25(19)11-14-7-6-10-28-14)24-16-9-5-4-8-15(16)23-18/h4-5,8-9,12-14H,3,6-7,10-11H2,1-2H3/t13-,14-/m1/s1. The fraction of sp³-hybridized carbons (Fsp3) is 0.429. The second-order valence-corrected chi connectivity index (χ2v) is 7.54. The molecule has 3 aromatic heterocycles. The fourth-order valence-corrected chi connectivity index (χ4v) is 3.99. The Morgan fingerprint density at radius 3 is 2.71 bits per heavy atom. The maximum Gasteiger partial charge on any atom is 0.265 e. The molecule has 4 aromatic rings. The smallest absolute Gasteiger partial charge is 0.265 e. The summed E-state index contributed by atoms with van der Waals surface area (Å²) in [5.41, 5.74) is 3.51. The molecule has 0 saturated carbocycles. The zero-order chi connectivity index (χ0) is 19.3. The van der Waals surface area contributed by atoms with Crippen LogP contribution in [-0.4, -0.2) is 36.8 Å². The normalized spacial score (nSPS) is 18.4. The molecule has 2 atom stereocenters. The van der Waals surface area contributed by atoms with E-state index in [-0.39, 0.29) is 17.7 Å². The molecule has 1 aromatic carbocycles. The van der Waals surface area contributed by atoms with Gasteiger partial charge in [-0.2, -0.15) is 0 Å². The monoisotopic (exact) mass is 377 g/mol. The molecule has 1 aliphatic rings. The van der Waals surface area contributed by atoms with Gasteiger partial charge in [0.1, 0.15) is 17.2 Å². The van der Waals surface area contributed by atoms with Crippen LogP contribution in [0, 0.1) is 0 Å². The summed E-state index contributed by atoms with van der Waals surface area (Å²) in [5.74, 6) is 0. The van der Waals surface area contributed by atoms with Gasteiger partial charge in [-0.3, -0.25) is 9.36 Å². The second kappa shape index (κ2) is 6.67. The Labute approximate surface area is 162 Å². The highest BCUT2D eigenvalue weighted by Crippen LogP contribution is 2.27. The van der Waals surface area contributed by atoms with Crippen molar-refractivity contribution in [2.75, 3.05) is 6.61 Å². The minimum absolute atomic E-state index is 0.0555. The average Bonchev–Trinajstić information content (AvgIpc) is 3.33. The van der Waals surface area contributed by atoms with E-state index in [4.69, 9.17) is 14.7 Å². The number of aromatic nitrogens is 5. The summed E-state index contributed by atoms with van der Waals surface area (Å²) in [6, 6.07) is 7.83. The van der Waals surface area contributed by atoms with Gasteiger partial charge in [0.2, 0.25) is 0 Å². The Balaban J connectivity index is 1.85. The largest absolute Gasteiger partial charge is 0.376 e. The molecule has 1 aliphatic heterocycles. The SMILES string of the molecule is CC[C@@H](C)n1cnc2c(c1=O)c1nc3ccccc3nc1n2C[C@H]1CCCO1. The van der Waals surface area contributed by atoms with E-state index >= 15 is 0 Å². The lowest BCUT2D eigenvalue weighted by molar-refractivity contribution is 0.0987. The first kappa shape index (κ1) is 17.3. The lowest BCUT2D eigenvalue weighted by Crippen LogP contribution is -2.24. The lowest BCUT2D eigenvalue weighted by atomic mass is 10.2. The predicted octanol–water partition coefficient (Wildman–Crippen LogP) is 3.44. The van der Waals surface area contributed by atoms with E-state index in [1.54, 1.807) is 10.9 Å². The highest BCUT2D eigenvalue weighted by atomic mass is 16.5. The van der Waals surface area contributed by atoms with Crippen LogP contribution in [0.3, 0.4) is 0 Å². The van der Waals surface area contributed by atoms with E-state index < -0.39 is 0 Å². The van der Waals surface area contributed by atoms with Crippen molar-refractivity contribution in [2.45, 2.75) is 51.8 Å². The van der Waals surface area contributed by atoms with Gasteiger partial charge in [-0.05, 0) is 38.3 Å². The van der Waals surface area contributed by atoms with Crippen LogP contribution in [0.15, 0.2) is 35.4 Å². The van der Waals surface area contributed by atoms with E-state index in [0.29, 0.717) is 28.7 Å². The molecule has 0 bridgehead atoms. The van der Waals surface area contributed by atoms with Crippen LogP contribution in [0.1, 0.15) is 39.2 Å². The number of ether oxygens (including phenoxy) is 1. The molecule has 1 saturated heterocycles. The van der Waals surface area contributed by atoms with Gasteiger partial charge < -0.3 is 9.30 Å². The molecule has 0 spiro atoms. The van der Waals surface area contributed by atoms with Gasteiger partial charge in [0.05, 0.1) is 23.7 Å². The third-order valence-electron chi connectivity index (χ3n) is 5.75. The topological polar surface area (TPSA) is 74.8 Å². The molecule has 0 unspecified atom stereocenters. The maximum absolute atomic E-state index is 13.3. The maximum atomic E-state index is 13.3. The van der Waals surface area contributed by atoms with Crippen molar-refractivity contribution >= 4 is 33.2 Å². The minimum Gasteiger partial charge on any atom is -0.376 e. The third kappa shape index (κ3) is 2.61. The van der Waals surface area contributed by atoms with Gasteiger partial charge in [0, 0.05) is 12.6 Å². The van der Waals surface area contributed by atoms with Crippen LogP contribution < -0.4 is 5.56 Å². The van der Waals surface area contributed by atoms with Crippen LogP contribution >= 0.6 is 0 Å². The Morgan fingerprint density at radius 2 is 2.00 bits per heavy atom. The zero-order valence-corrected chi connectivity index (χ0v) is 16.1. The number of benzene rings is 1. The summed E-state index contributed by atoms with van der Waals surface area (Å²) < 4.78 is 9.56. The van der Waals surface area contributed by atoms with Crippen LogP contribution in [0.25, 0.3) is 33.2 Å². The summed E-state index contributed by atoms with van der Waals surface area (Å²) in [7, 11) is 0. The average molecular weight is 377 g/mol. The van der Waals surface area contributed by atoms with Gasteiger partial charge in [0.15, 0.2) is 11.3 Å². The molecule has 144 valence electrons. The number of nitrogens with zero attached hydrogens (tertiary/aromatic N) is 5. The van der Waals surface area contributed by atoms with Gasteiger partial charge in [-0.25, -0.2) is 15.0 Å². The summed E-state index contributed by atoms with van der Waals surface area (Å²) in [4.78, 5) is 27.7. The van der Waals surface area contributed by atoms with Crippen molar-refractivity contribution in [3.05, 3.63) is 40.9 Å². The van der Waals surface area contributed by atoms with E-state index in [9.17, 15) is 4.79 Å². The molecule has 28 heavy (non-hydrogen) atoms. The number of rotatable bonds is 4. The summed E-state index contributed by atoms with van der Waals surface area (Å²) in [6.07, 6.45) is 4.70. The molecule has 4 heterocycles. The lowest BCUT2D eigenvalue weighted by Gasteiger charge is -2.14. The van der Waals surface area contributed by atoms with E-state index in [2.05, 4.69) is 11.9 Å². The van der Waals surface area contributed by atoms with Gasteiger partial charge in [-0.15, -0.1) is 0 Å². The highest BCUT2D eigenvalue weighted by Gasteiger charge is 2.24. The molecule has 0 aliphatic carbocycles. The molecule has 7 nitrogen and oxygen atoms in total. The Morgan fingerprint density at radius 1 is 1.21 bits per heavy atom. The number of hydrogen-bond acceptors (Lipinski definition) is 5. The van der Waals surface area contributed by atoms with Gasteiger partial charge in [0.25, 0.3) is 5.56 Å². The van der Waals surface area contributed by atoms with Crippen LogP contribution in [-0.2, 0) is 11.3 Å². The predicted molar refractivity (Wildman–Crippen MR) is 109 cm³/mol. The quantitative estimate of drug-likeness (QED) is 0.545. The molecular formula is C21H23N5O2. The van der Waals surface area contributed by atoms with Gasteiger partial charge >= 0.3 is 0 Å². The van der Waals surface area contributed by atoms with E-state index in [1.807, 2.05) is 35.8 Å². The molecule has 5 rings (SSSR count). The number of hydrogen-bond donors (Lipinski definition) is 0. The van der Waals surface area contributed by atoms with Crippen molar-refractivity contribution in [3.8, 4) is 0 Å². The first-order valence-electron chi connectivity index (χ1n) is 9.94.